The van der Waals surface area contributed by atoms with Crippen LogP contribution < -0.4 is 14.8 Å². The minimum Gasteiger partial charge on any atom is -0.497 e. The summed E-state index contributed by atoms with van der Waals surface area (Å²) in [5, 5.41) is 13.8. The van der Waals surface area contributed by atoms with Crippen molar-refractivity contribution in [3.63, 3.8) is 0 Å². The molecule has 0 fully saturated rings. The molecule has 0 spiro atoms. The first-order valence-corrected chi connectivity index (χ1v) is 9.86. The number of halogens is 1. The number of hydrogen-bond donors (Lipinski definition) is 2. The maximum absolute atomic E-state index is 12.0. The third kappa shape index (κ3) is 4.30. The lowest BCUT2D eigenvalue weighted by Gasteiger charge is -2.12. The average molecular weight is 429 g/mol. The molecule has 0 saturated heterocycles. The van der Waals surface area contributed by atoms with Crippen molar-refractivity contribution in [2.45, 2.75) is 26.9 Å². The zero-order valence-corrected chi connectivity index (χ0v) is 18.2. The lowest BCUT2D eigenvalue weighted by Crippen LogP contribution is -2.16. The van der Waals surface area contributed by atoms with E-state index in [-0.39, 0.29) is 0 Å². The summed E-state index contributed by atoms with van der Waals surface area (Å²) in [5.74, 6) is 0.534. The zero-order chi connectivity index (χ0) is 21.8. The molecule has 0 atom stereocenters. The second kappa shape index (κ2) is 9.24. The summed E-state index contributed by atoms with van der Waals surface area (Å²) < 4.78 is 12.7. The molecule has 30 heavy (non-hydrogen) atoms. The molecule has 2 aromatic carbocycles. The molecule has 0 aliphatic carbocycles. The van der Waals surface area contributed by atoms with E-state index in [9.17, 15) is 9.90 Å². The predicted octanol–water partition coefficient (Wildman–Crippen LogP) is 4.75. The molecule has 0 saturated carbocycles. The molecule has 0 bridgehead atoms. The van der Waals surface area contributed by atoms with Gasteiger partial charge in [0.2, 0.25) is 0 Å². The fourth-order valence-electron chi connectivity index (χ4n) is 3.72. The molecule has 6 nitrogen and oxygen atoms in total. The monoisotopic (exact) mass is 428 g/mol. The molecule has 158 valence electrons. The maximum atomic E-state index is 12.0. The van der Waals surface area contributed by atoms with Gasteiger partial charge in [-0.25, -0.2) is 4.79 Å². The van der Waals surface area contributed by atoms with Crippen LogP contribution >= 0.6 is 11.6 Å². The Labute approximate surface area is 181 Å². The Morgan fingerprint density at radius 3 is 2.33 bits per heavy atom. The standard InChI is InChI=1S/C23H25ClN2O4/c1-14-20(13-25-12-16-11-19(29-3)9-10-21(16)30-4)22(23(27)28)15(2)26(14)18-7-5-17(24)6-8-18/h5-11,25H,12-13H2,1-4H3,(H,27,28). The van der Waals surface area contributed by atoms with Gasteiger partial charge in [-0.3, -0.25) is 0 Å². The van der Waals surface area contributed by atoms with Crippen LogP contribution in [-0.2, 0) is 13.1 Å². The maximum Gasteiger partial charge on any atom is 0.337 e. The zero-order valence-electron chi connectivity index (χ0n) is 17.5. The first-order chi connectivity index (χ1) is 14.4. The fraction of sp³-hybridized carbons (Fsp3) is 0.261. The van der Waals surface area contributed by atoms with Crippen LogP contribution in [0.25, 0.3) is 5.69 Å². The van der Waals surface area contributed by atoms with Gasteiger partial charge in [-0.05, 0) is 56.3 Å². The van der Waals surface area contributed by atoms with Gasteiger partial charge in [0, 0.05) is 46.3 Å². The normalized spacial score (nSPS) is 10.8. The smallest absolute Gasteiger partial charge is 0.337 e. The number of rotatable bonds is 8. The predicted molar refractivity (Wildman–Crippen MR) is 117 cm³/mol. The van der Waals surface area contributed by atoms with Crippen LogP contribution in [0.15, 0.2) is 42.5 Å². The average Bonchev–Trinajstić information content (AvgIpc) is 2.98. The molecular weight excluding hydrogens is 404 g/mol. The van der Waals surface area contributed by atoms with Gasteiger partial charge in [-0.1, -0.05) is 11.6 Å². The minimum atomic E-state index is -0.945. The second-order valence-electron chi connectivity index (χ2n) is 6.92. The van der Waals surface area contributed by atoms with Gasteiger partial charge in [-0.15, -0.1) is 0 Å². The summed E-state index contributed by atoms with van der Waals surface area (Å²) in [4.78, 5) is 12.0. The highest BCUT2D eigenvalue weighted by molar-refractivity contribution is 6.30. The number of benzene rings is 2. The summed E-state index contributed by atoms with van der Waals surface area (Å²) in [6, 6.07) is 12.9. The number of aromatic nitrogens is 1. The highest BCUT2D eigenvalue weighted by Gasteiger charge is 2.23. The van der Waals surface area contributed by atoms with E-state index in [0.29, 0.717) is 29.4 Å². The molecule has 0 amide bonds. The summed E-state index contributed by atoms with van der Waals surface area (Å²) in [6.45, 7) is 4.65. The highest BCUT2D eigenvalue weighted by Crippen LogP contribution is 2.28. The molecule has 0 unspecified atom stereocenters. The Kier molecular flexibility index (Phi) is 6.70. The van der Waals surface area contributed by atoms with Crippen LogP contribution in [0.5, 0.6) is 11.5 Å². The highest BCUT2D eigenvalue weighted by atomic mass is 35.5. The number of aromatic carboxylic acids is 1. The van der Waals surface area contributed by atoms with Crippen LogP contribution in [0.1, 0.15) is 32.9 Å². The SMILES string of the molecule is COc1ccc(OC)c(CNCc2c(C(=O)O)c(C)n(-c3ccc(Cl)cc3)c2C)c1. The first-order valence-electron chi connectivity index (χ1n) is 9.49. The molecule has 2 N–H and O–H groups in total. The Balaban J connectivity index is 1.90. The van der Waals surface area contributed by atoms with E-state index >= 15 is 0 Å². The van der Waals surface area contributed by atoms with E-state index in [1.54, 1.807) is 26.4 Å². The number of carbonyl (C=O) groups is 1. The third-order valence-corrected chi connectivity index (χ3v) is 5.43. The fourth-order valence-corrected chi connectivity index (χ4v) is 3.84. The molecule has 0 radical (unpaired) electrons. The summed E-state index contributed by atoms with van der Waals surface area (Å²) in [5.41, 5.74) is 4.41. The number of methoxy groups -OCH3 is 2. The summed E-state index contributed by atoms with van der Waals surface area (Å²) >= 11 is 6.01. The largest absolute Gasteiger partial charge is 0.497 e. The van der Waals surface area contributed by atoms with Gasteiger partial charge < -0.3 is 24.5 Å². The van der Waals surface area contributed by atoms with Gasteiger partial charge in [0.25, 0.3) is 0 Å². The Morgan fingerprint density at radius 2 is 1.73 bits per heavy atom. The molecule has 1 aromatic heterocycles. The van der Waals surface area contributed by atoms with Crippen LogP contribution in [0, 0.1) is 13.8 Å². The van der Waals surface area contributed by atoms with Crippen LogP contribution in [0.3, 0.4) is 0 Å². The number of hydrogen-bond acceptors (Lipinski definition) is 4. The van der Waals surface area contributed by atoms with Crippen molar-refractivity contribution >= 4 is 17.6 Å². The lowest BCUT2D eigenvalue weighted by atomic mass is 10.1. The Morgan fingerprint density at radius 1 is 1.03 bits per heavy atom. The van der Waals surface area contributed by atoms with Crippen molar-refractivity contribution in [2.75, 3.05) is 14.2 Å². The van der Waals surface area contributed by atoms with Crippen LogP contribution in [-0.4, -0.2) is 29.9 Å². The number of ether oxygens (including phenoxy) is 2. The van der Waals surface area contributed by atoms with Crippen LogP contribution in [0.2, 0.25) is 5.02 Å². The van der Waals surface area contributed by atoms with Crippen molar-refractivity contribution in [1.29, 1.82) is 0 Å². The molecular formula is C23H25ClN2O4. The van der Waals surface area contributed by atoms with E-state index in [4.69, 9.17) is 21.1 Å². The second-order valence-corrected chi connectivity index (χ2v) is 7.36. The third-order valence-electron chi connectivity index (χ3n) is 5.17. The van der Waals surface area contributed by atoms with Crippen LogP contribution in [0.4, 0.5) is 0 Å². The van der Waals surface area contributed by atoms with Crippen molar-refractivity contribution in [1.82, 2.24) is 9.88 Å². The van der Waals surface area contributed by atoms with Crippen molar-refractivity contribution in [3.05, 3.63) is 75.6 Å². The minimum absolute atomic E-state index is 0.313. The molecule has 0 aliphatic rings. The van der Waals surface area contributed by atoms with E-state index < -0.39 is 5.97 Å². The molecule has 1 heterocycles. The topological polar surface area (TPSA) is 72.7 Å². The number of carboxylic acids is 1. The van der Waals surface area contributed by atoms with Gasteiger partial charge in [0.15, 0.2) is 0 Å². The van der Waals surface area contributed by atoms with Gasteiger partial charge >= 0.3 is 5.97 Å². The lowest BCUT2D eigenvalue weighted by molar-refractivity contribution is 0.0695. The molecule has 3 rings (SSSR count). The molecule has 3 aromatic rings. The van der Waals surface area contributed by atoms with E-state index in [1.165, 1.54) is 0 Å². The Hall–Kier alpha value is -2.96. The first kappa shape index (κ1) is 21.7. The number of nitrogens with one attached hydrogen (secondary N) is 1. The summed E-state index contributed by atoms with van der Waals surface area (Å²) in [6.07, 6.45) is 0. The van der Waals surface area contributed by atoms with E-state index in [1.807, 2.05) is 48.7 Å². The van der Waals surface area contributed by atoms with Crippen molar-refractivity contribution < 1.29 is 19.4 Å². The number of carboxylic acid groups (broad SMARTS) is 1. The molecule has 0 aliphatic heterocycles. The van der Waals surface area contributed by atoms with Crippen molar-refractivity contribution in [2.24, 2.45) is 0 Å². The summed E-state index contributed by atoms with van der Waals surface area (Å²) in [7, 11) is 3.23. The van der Waals surface area contributed by atoms with Gasteiger partial charge in [0.1, 0.15) is 11.5 Å². The molecule has 7 heteroatoms. The van der Waals surface area contributed by atoms with Gasteiger partial charge in [-0.2, -0.15) is 0 Å². The Bertz CT molecular complexity index is 1060. The quantitative estimate of drug-likeness (QED) is 0.541. The number of nitrogens with zero attached hydrogens (tertiary/aromatic N) is 1. The van der Waals surface area contributed by atoms with Gasteiger partial charge in [0.05, 0.1) is 19.8 Å². The van der Waals surface area contributed by atoms with E-state index in [0.717, 1.165) is 34.0 Å². The van der Waals surface area contributed by atoms with Crippen molar-refractivity contribution in [3.8, 4) is 17.2 Å². The van der Waals surface area contributed by atoms with E-state index in [2.05, 4.69) is 5.32 Å².